The molecular formula is C25H29N5O3. The lowest BCUT2D eigenvalue weighted by atomic mass is 9.90. The Morgan fingerprint density at radius 1 is 1.21 bits per heavy atom. The minimum Gasteiger partial charge on any atom is -0.497 e. The van der Waals surface area contributed by atoms with Crippen LogP contribution in [0.4, 0.5) is 5.95 Å². The molecule has 0 radical (unpaired) electrons. The van der Waals surface area contributed by atoms with E-state index in [0.717, 1.165) is 53.9 Å². The monoisotopic (exact) mass is 447 g/mol. The summed E-state index contributed by atoms with van der Waals surface area (Å²) in [5.74, 6) is 2.51. The number of benzene rings is 1. The van der Waals surface area contributed by atoms with Gasteiger partial charge in [-0.1, -0.05) is 17.3 Å². The highest BCUT2D eigenvalue weighted by Crippen LogP contribution is 2.35. The topological polar surface area (TPSA) is 93.4 Å². The van der Waals surface area contributed by atoms with Gasteiger partial charge in [0.05, 0.1) is 30.5 Å². The van der Waals surface area contributed by atoms with Gasteiger partial charge < -0.3 is 19.5 Å². The predicted octanol–water partition coefficient (Wildman–Crippen LogP) is 3.97. The van der Waals surface area contributed by atoms with Gasteiger partial charge in [0.25, 0.3) is 0 Å². The van der Waals surface area contributed by atoms with Crippen molar-refractivity contribution in [3.63, 3.8) is 0 Å². The summed E-state index contributed by atoms with van der Waals surface area (Å²) >= 11 is 0. The minimum atomic E-state index is 0.145. The van der Waals surface area contributed by atoms with Crippen molar-refractivity contribution in [2.24, 2.45) is 0 Å². The van der Waals surface area contributed by atoms with Crippen molar-refractivity contribution < 1.29 is 14.1 Å². The summed E-state index contributed by atoms with van der Waals surface area (Å²) < 4.78 is 10.8. The van der Waals surface area contributed by atoms with Gasteiger partial charge in [0.2, 0.25) is 11.9 Å². The number of piperidine rings is 1. The molecule has 8 heteroatoms. The second-order valence-electron chi connectivity index (χ2n) is 8.93. The smallest absolute Gasteiger partial charge is 0.226 e. The Morgan fingerprint density at radius 3 is 2.73 bits per heavy atom. The molecule has 1 saturated carbocycles. The van der Waals surface area contributed by atoms with E-state index in [0.29, 0.717) is 37.3 Å². The zero-order valence-corrected chi connectivity index (χ0v) is 19.1. The molecule has 1 amide bonds. The Morgan fingerprint density at radius 2 is 2.03 bits per heavy atom. The molecule has 172 valence electrons. The third kappa shape index (κ3) is 4.99. The van der Waals surface area contributed by atoms with Crippen molar-refractivity contribution in [2.45, 2.75) is 51.0 Å². The number of nitrogens with one attached hydrogen (secondary N) is 1. The van der Waals surface area contributed by atoms with E-state index in [2.05, 4.69) is 15.5 Å². The zero-order valence-electron chi connectivity index (χ0n) is 19.1. The molecule has 3 heterocycles. The van der Waals surface area contributed by atoms with Gasteiger partial charge in [-0.2, -0.15) is 0 Å². The molecule has 1 N–H and O–H groups in total. The number of aromatic nitrogens is 3. The van der Waals surface area contributed by atoms with Crippen LogP contribution in [0.2, 0.25) is 0 Å². The molecule has 1 saturated heterocycles. The van der Waals surface area contributed by atoms with E-state index in [9.17, 15) is 4.79 Å². The number of rotatable bonds is 7. The Bertz CT molecular complexity index is 1130. The first kappa shape index (κ1) is 21.4. The first-order valence-electron chi connectivity index (χ1n) is 11.6. The van der Waals surface area contributed by atoms with E-state index in [1.54, 1.807) is 7.11 Å². The predicted molar refractivity (Wildman–Crippen MR) is 124 cm³/mol. The molecule has 2 fully saturated rings. The van der Waals surface area contributed by atoms with E-state index in [1.807, 2.05) is 48.4 Å². The van der Waals surface area contributed by atoms with E-state index in [4.69, 9.17) is 14.2 Å². The first-order chi connectivity index (χ1) is 16.1. The van der Waals surface area contributed by atoms with Crippen LogP contribution in [0, 0.1) is 6.92 Å². The zero-order chi connectivity index (χ0) is 22.8. The Hall–Kier alpha value is -3.42. The van der Waals surface area contributed by atoms with E-state index >= 15 is 0 Å². The maximum atomic E-state index is 12.9. The molecule has 1 aliphatic carbocycles. The number of likely N-dealkylation sites (tertiary alicyclic amines) is 1. The van der Waals surface area contributed by atoms with Crippen molar-refractivity contribution in [3.8, 4) is 17.1 Å². The molecule has 2 aromatic heterocycles. The number of amides is 1. The molecule has 3 aromatic rings. The highest BCUT2D eigenvalue weighted by molar-refractivity contribution is 5.79. The van der Waals surface area contributed by atoms with Crippen molar-refractivity contribution >= 4 is 11.9 Å². The van der Waals surface area contributed by atoms with Gasteiger partial charge in [0.15, 0.2) is 5.76 Å². The molecular weight excluding hydrogens is 418 g/mol. The normalized spacial score (nSPS) is 16.6. The van der Waals surface area contributed by atoms with E-state index in [1.165, 1.54) is 0 Å². The summed E-state index contributed by atoms with van der Waals surface area (Å²) in [4.78, 5) is 24.3. The lowest BCUT2D eigenvalue weighted by Gasteiger charge is -2.32. The number of anilines is 1. The molecule has 0 bridgehead atoms. The molecule has 33 heavy (non-hydrogen) atoms. The summed E-state index contributed by atoms with van der Waals surface area (Å²) in [5, 5.41) is 7.44. The van der Waals surface area contributed by atoms with Gasteiger partial charge in [0.1, 0.15) is 5.75 Å². The van der Waals surface area contributed by atoms with E-state index < -0.39 is 0 Å². The average Bonchev–Trinajstić information content (AvgIpc) is 3.55. The van der Waals surface area contributed by atoms with E-state index in [-0.39, 0.29) is 11.8 Å². The second-order valence-corrected chi connectivity index (χ2v) is 8.93. The quantitative estimate of drug-likeness (QED) is 0.586. The summed E-state index contributed by atoms with van der Waals surface area (Å²) in [6.07, 6.45) is 6.25. The SMILES string of the molecule is COc1cccc(CC(=O)N2CCC(c3nc(NC4CC4)ncc3-c3cc(C)no3)CC2)c1. The van der Waals surface area contributed by atoms with Gasteiger partial charge in [-0.3, -0.25) is 4.79 Å². The van der Waals surface area contributed by atoms with Crippen molar-refractivity contribution in [1.29, 1.82) is 0 Å². The van der Waals surface area contributed by atoms with Crippen LogP contribution < -0.4 is 10.1 Å². The minimum absolute atomic E-state index is 0.145. The summed E-state index contributed by atoms with van der Waals surface area (Å²) in [6, 6.07) is 10.1. The second kappa shape index (κ2) is 9.21. The lowest BCUT2D eigenvalue weighted by molar-refractivity contribution is -0.131. The largest absolute Gasteiger partial charge is 0.497 e. The number of hydrogen-bond donors (Lipinski definition) is 1. The summed E-state index contributed by atoms with van der Waals surface area (Å²) in [7, 11) is 1.64. The third-order valence-corrected chi connectivity index (χ3v) is 6.35. The number of methoxy groups -OCH3 is 1. The van der Waals surface area contributed by atoms with Crippen LogP contribution in [-0.4, -0.2) is 52.2 Å². The fourth-order valence-corrected chi connectivity index (χ4v) is 4.34. The summed E-state index contributed by atoms with van der Waals surface area (Å²) in [6.45, 7) is 3.32. The average molecular weight is 448 g/mol. The van der Waals surface area contributed by atoms with Gasteiger partial charge in [0, 0.05) is 37.3 Å². The van der Waals surface area contributed by atoms with Gasteiger partial charge in [-0.05, 0) is 50.3 Å². The highest BCUT2D eigenvalue weighted by atomic mass is 16.5. The number of aryl methyl sites for hydroxylation is 1. The van der Waals surface area contributed by atoms with Crippen LogP contribution in [0.3, 0.4) is 0 Å². The molecule has 5 rings (SSSR count). The number of nitrogens with zero attached hydrogens (tertiary/aromatic N) is 4. The summed E-state index contributed by atoms with van der Waals surface area (Å²) in [5.41, 5.74) is 3.66. The van der Waals surface area contributed by atoms with Crippen molar-refractivity contribution in [2.75, 3.05) is 25.5 Å². The van der Waals surface area contributed by atoms with Crippen LogP contribution in [0.1, 0.15) is 48.6 Å². The van der Waals surface area contributed by atoms with Crippen LogP contribution in [0.5, 0.6) is 5.75 Å². The van der Waals surface area contributed by atoms with Crippen molar-refractivity contribution in [3.05, 3.63) is 53.5 Å². The lowest BCUT2D eigenvalue weighted by Crippen LogP contribution is -2.39. The number of hydrogen-bond acceptors (Lipinski definition) is 7. The van der Waals surface area contributed by atoms with Crippen molar-refractivity contribution in [1.82, 2.24) is 20.0 Å². The molecule has 0 atom stereocenters. The van der Waals surface area contributed by atoms with Gasteiger partial charge in [-0.25, -0.2) is 9.97 Å². The fraction of sp³-hybridized carbons (Fsp3) is 0.440. The molecule has 0 spiro atoms. The molecule has 0 unspecified atom stereocenters. The molecule has 1 aliphatic heterocycles. The first-order valence-corrected chi connectivity index (χ1v) is 11.6. The van der Waals surface area contributed by atoms with Gasteiger partial charge in [-0.15, -0.1) is 0 Å². The maximum Gasteiger partial charge on any atom is 0.226 e. The highest BCUT2D eigenvalue weighted by Gasteiger charge is 2.29. The van der Waals surface area contributed by atoms with Crippen LogP contribution in [0.25, 0.3) is 11.3 Å². The van der Waals surface area contributed by atoms with Crippen LogP contribution >= 0.6 is 0 Å². The van der Waals surface area contributed by atoms with Gasteiger partial charge >= 0.3 is 0 Å². The van der Waals surface area contributed by atoms with Crippen LogP contribution in [0.15, 0.2) is 41.1 Å². The number of ether oxygens (including phenoxy) is 1. The number of carbonyl (C=O) groups is 1. The fourth-order valence-electron chi connectivity index (χ4n) is 4.34. The third-order valence-electron chi connectivity index (χ3n) is 6.35. The maximum absolute atomic E-state index is 12.9. The molecule has 8 nitrogen and oxygen atoms in total. The molecule has 2 aliphatic rings. The Kier molecular flexibility index (Phi) is 5.98. The number of carbonyl (C=O) groups excluding carboxylic acids is 1. The standard InChI is InChI=1S/C25H29N5O3/c1-16-12-22(33-29-16)21-15-26-25(27-19-6-7-19)28-24(21)18-8-10-30(11-9-18)23(31)14-17-4-3-5-20(13-17)32-2/h3-5,12-13,15,18-19H,6-11,14H2,1-2H3,(H,26,27,28). The van der Waals surface area contributed by atoms with Crippen LogP contribution in [-0.2, 0) is 11.2 Å². The molecule has 1 aromatic carbocycles. The Balaban J connectivity index is 1.29. The Labute approximate surface area is 193 Å².